The van der Waals surface area contributed by atoms with Gasteiger partial charge >= 0.3 is 0 Å². The quantitative estimate of drug-likeness (QED) is 0.128. The maximum Gasteiger partial charge on any atom is 0.164 e. The Morgan fingerprint density at radius 1 is 0.254 bits per heavy atom. The molecular formula is C64H39N3. The van der Waals surface area contributed by atoms with Gasteiger partial charge in [-0.3, -0.25) is 0 Å². The van der Waals surface area contributed by atoms with Gasteiger partial charge in [-0.2, -0.15) is 0 Å². The zero-order valence-corrected chi connectivity index (χ0v) is 36.4. The summed E-state index contributed by atoms with van der Waals surface area (Å²) < 4.78 is 0. The summed E-state index contributed by atoms with van der Waals surface area (Å²) in [5.41, 5.74) is 16.9. The van der Waals surface area contributed by atoms with E-state index in [2.05, 4.69) is 237 Å². The second-order valence-electron chi connectivity index (χ2n) is 17.8. The topological polar surface area (TPSA) is 38.7 Å². The molecule has 0 fully saturated rings. The van der Waals surface area contributed by atoms with Crippen LogP contribution in [0.25, 0.3) is 111 Å². The van der Waals surface area contributed by atoms with Crippen LogP contribution in [0.1, 0.15) is 22.3 Å². The Hall–Kier alpha value is -8.79. The van der Waals surface area contributed by atoms with E-state index in [9.17, 15) is 0 Å². The fraction of sp³-hybridized carbons (Fsp3) is 0.0156. The highest BCUT2D eigenvalue weighted by atomic mass is 15.0. The van der Waals surface area contributed by atoms with Crippen LogP contribution in [0, 0.1) is 0 Å². The number of hydrogen-bond donors (Lipinski definition) is 0. The second kappa shape index (κ2) is 14.6. The summed E-state index contributed by atoms with van der Waals surface area (Å²) in [6.07, 6.45) is 0. The van der Waals surface area contributed by atoms with Gasteiger partial charge in [0.05, 0.1) is 5.41 Å². The van der Waals surface area contributed by atoms with E-state index in [1.165, 1.54) is 82.4 Å². The predicted octanol–water partition coefficient (Wildman–Crippen LogP) is 16.0. The normalized spacial score (nSPS) is 12.9. The molecular weight excluding hydrogens is 811 g/mol. The summed E-state index contributed by atoms with van der Waals surface area (Å²) >= 11 is 0. The molecule has 0 saturated heterocycles. The Morgan fingerprint density at radius 2 is 0.761 bits per heavy atom. The van der Waals surface area contributed by atoms with Gasteiger partial charge in [-0.25, -0.2) is 15.0 Å². The Morgan fingerprint density at radius 3 is 1.49 bits per heavy atom. The SMILES string of the molecule is c1ccc(-c2cccc(-c3nc(-c4ccc(-c5c6ccccc6cc6c5ccc5ccccc56)cc4)nc(-c4cccc5c4C4(c6ccccc6-c6ccccc64)c4ccccc4-5)n3)c2)cc1. The zero-order chi connectivity index (χ0) is 44.1. The molecule has 11 aromatic carbocycles. The summed E-state index contributed by atoms with van der Waals surface area (Å²) in [5.74, 6) is 1.90. The number of fused-ring (bicyclic) bond motifs is 14. The van der Waals surface area contributed by atoms with Crippen LogP contribution in [0.4, 0.5) is 0 Å². The lowest BCUT2D eigenvalue weighted by Gasteiger charge is -2.31. The van der Waals surface area contributed by atoms with E-state index in [4.69, 9.17) is 15.0 Å². The molecule has 0 N–H and O–H groups in total. The molecule has 0 radical (unpaired) electrons. The first-order chi connectivity index (χ1) is 33.2. The van der Waals surface area contributed by atoms with E-state index >= 15 is 0 Å². The van der Waals surface area contributed by atoms with Crippen LogP contribution in [0.2, 0.25) is 0 Å². The fourth-order valence-corrected chi connectivity index (χ4v) is 11.5. The third kappa shape index (κ3) is 5.55. The summed E-state index contributed by atoms with van der Waals surface area (Å²) in [5, 5.41) is 7.43. The Bertz CT molecular complexity index is 3920. The Labute approximate surface area is 388 Å². The molecule has 0 aliphatic heterocycles. The minimum absolute atomic E-state index is 0.565. The molecule has 2 aliphatic carbocycles. The lowest BCUT2D eigenvalue weighted by Crippen LogP contribution is -2.26. The van der Waals surface area contributed by atoms with E-state index in [-0.39, 0.29) is 0 Å². The van der Waals surface area contributed by atoms with Gasteiger partial charge in [-0.15, -0.1) is 0 Å². The highest BCUT2D eigenvalue weighted by molar-refractivity contribution is 6.20. The van der Waals surface area contributed by atoms with Crippen molar-refractivity contribution in [1.82, 2.24) is 15.0 Å². The van der Waals surface area contributed by atoms with Crippen molar-refractivity contribution in [3.05, 3.63) is 259 Å². The molecule has 310 valence electrons. The van der Waals surface area contributed by atoms with Gasteiger partial charge in [0.15, 0.2) is 17.5 Å². The first-order valence-electron chi connectivity index (χ1n) is 23.0. The fourth-order valence-electron chi connectivity index (χ4n) is 11.5. The first kappa shape index (κ1) is 37.6. The molecule has 1 aromatic heterocycles. The van der Waals surface area contributed by atoms with Crippen LogP contribution in [0.3, 0.4) is 0 Å². The van der Waals surface area contributed by atoms with E-state index in [1.807, 2.05) is 0 Å². The van der Waals surface area contributed by atoms with Crippen LogP contribution in [-0.4, -0.2) is 15.0 Å². The van der Waals surface area contributed by atoms with Gasteiger partial charge in [0, 0.05) is 16.7 Å². The van der Waals surface area contributed by atoms with E-state index in [0.717, 1.165) is 33.4 Å². The monoisotopic (exact) mass is 849 g/mol. The third-order valence-electron chi connectivity index (χ3n) is 14.3. The summed E-state index contributed by atoms with van der Waals surface area (Å²) in [6.45, 7) is 0. The lowest BCUT2D eigenvalue weighted by molar-refractivity contribution is 0.794. The Balaban J connectivity index is 0.996. The summed E-state index contributed by atoms with van der Waals surface area (Å²) in [4.78, 5) is 16.3. The molecule has 1 spiro atoms. The highest BCUT2D eigenvalue weighted by Gasteiger charge is 2.52. The van der Waals surface area contributed by atoms with Crippen molar-refractivity contribution < 1.29 is 0 Å². The van der Waals surface area contributed by atoms with E-state index in [0.29, 0.717) is 17.5 Å². The lowest BCUT2D eigenvalue weighted by atomic mass is 9.69. The van der Waals surface area contributed by atoms with Crippen molar-refractivity contribution >= 4 is 32.3 Å². The van der Waals surface area contributed by atoms with Crippen molar-refractivity contribution in [2.24, 2.45) is 0 Å². The van der Waals surface area contributed by atoms with Gasteiger partial charge in [0.1, 0.15) is 0 Å². The minimum atomic E-state index is -0.565. The smallest absolute Gasteiger partial charge is 0.164 e. The number of aromatic nitrogens is 3. The van der Waals surface area contributed by atoms with Gasteiger partial charge in [-0.05, 0) is 111 Å². The van der Waals surface area contributed by atoms with Crippen molar-refractivity contribution in [3.8, 4) is 78.7 Å². The van der Waals surface area contributed by atoms with Crippen molar-refractivity contribution in [1.29, 1.82) is 0 Å². The predicted molar refractivity (Wildman–Crippen MR) is 276 cm³/mol. The second-order valence-corrected chi connectivity index (χ2v) is 17.8. The largest absolute Gasteiger partial charge is 0.208 e. The molecule has 0 unspecified atom stereocenters. The Kier molecular flexibility index (Phi) is 8.20. The molecule has 0 bridgehead atoms. The van der Waals surface area contributed by atoms with Crippen LogP contribution in [-0.2, 0) is 5.41 Å². The van der Waals surface area contributed by atoms with Crippen LogP contribution < -0.4 is 0 Å². The first-order valence-corrected chi connectivity index (χ1v) is 23.0. The number of rotatable bonds is 5. The summed E-state index contributed by atoms with van der Waals surface area (Å²) in [6, 6.07) is 85.7. The third-order valence-corrected chi connectivity index (χ3v) is 14.3. The van der Waals surface area contributed by atoms with Gasteiger partial charge in [0.2, 0.25) is 0 Å². The molecule has 0 saturated carbocycles. The molecule has 14 rings (SSSR count). The minimum Gasteiger partial charge on any atom is -0.208 e. The van der Waals surface area contributed by atoms with Crippen LogP contribution >= 0.6 is 0 Å². The molecule has 67 heavy (non-hydrogen) atoms. The molecule has 3 heteroatoms. The van der Waals surface area contributed by atoms with Gasteiger partial charge in [-0.1, -0.05) is 224 Å². The van der Waals surface area contributed by atoms with E-state index in [1.54, 1.807) is 0 Å². The molecule has 0 amide bonds. The van der Waals surface area contributed by atoms with E-state index < -0.39 is 5.41 Å². The van der Waals surface area contributed by atoms with Crippen molar-refractivity contribution in [3.63, 3.8) is 0 Å². The molecule has 12 aromatic rings. The maximum absolute atomic E-state index is 5.50. The standard InChI is InChI=1S/C64H39N3/c1-2-16-40(17-3-1)44-20-14-21-46(38-44)62-65-61(43-34-32-42(33-35-43)59-48-23-7-5-19-45(48)39-55-47-22-6-4-18-41(47)36-37-52(55)59)66-63(67-62)54-28-15-27-53-51-26-10-13-31-58(51)64(60(53)54)56-29-11-8-24-49(56)50-25-9-12-30-57(50)64/h1-39H. The van der Waals surface area contributed by atoms with Crippen molar-refractivity contribution in [2.45, 2.75) is 5.41 Å². The van der Waals surface area contributed by atoms with Gasteiger partial charge in [0.25, 0.3) is 0 Å². The summed E-state index contributed by atoms with van der Waals surface area (Å²) in [7, 11) is 0. The average molecular weight is 850 g/mol. The highest BCUT2D eigenvalue weighted by Crippen LogP contribution is 2.64. The van der Waals surface area contributed by atoms with Crippen LogP contribution in [0.15, 0.2) is 237 Å². The molecule has 1 heterocycles. The number of nitrogens with zero attached hydrogens (tertiary/aromatic N) is 3. The molecule has 0 atom stereocenters. The number of hydrogen-bond acceptors (Lipinski definition) is 3. The molecule has 2 aliphatic rings. The average Bonchev–Trinajstić information content (AvgIpc) is 3.88. The van der Waals surface area contributed by atoms with Gasteiger partial charge < -0.3 is 0 Å². The van der Waals surface area contributed by atoms with Crippen molar-refractivity contribution in [2.75, 3.05) is 0 Å². The number of benzene rings is 11. The maximum atomic E-state index is 5.50. The molecule has 3 nitrogen and oxygen atoms in total. The van der Waals surface area contributed by atoms with Crippen LogP contribution in [0.5, 0.6) is 0 Å². The zero-order valence-electron chi connectivity index (χ0n) is 36.4.